The monoisotopic (exact) mass is 476 g/mol. The molecule has 0 atom stereocenters. The molecule has 2 radical (unpaired) electrons. The normalized spacial score (nSPS) is 10.8. The second kappa shape index (κ2) is 9.43. The van der Waals surface area contributed by atoms with Crippen molar-refractivity contribution in [3.05, 3.63) is 102 Å². The fourth-order valence-corrected chi connectivity index (χ4v) is 3.95. The Bertz CT molecular complexity index is 1370. The summed E-state index contributed by atoms with van der Waals surface area (Å²) in [4.78, 5) is 16.9. The number of pyridine rings is 1. The van der Waals surface area contributed by atoms with Gasteiger partial charge in [0.05, 0.1) is 11.6 Å². The number of hydrogen-bond donors (Lipinski definition) is 1. The zero-order chi connectivity index (χ0) is 22.5. The van der Waals surface area contributed by atoms with Crippen LogP contribution in [-0.2, 0) is 0 Å². The van der Waals surface area contributed by atoms with E-state index in [1.807, 2.05) is 66.7 Å². The Kier molecular flexibility index (Phi) is 6.26. The van der Waals surface area contributed by atoms with Crippen LogP contribution < -0.4 is 5.73 Å². The van der Waals surface area contributed by atoms with Gasteiger partial charge in [0.1, 0.15) is 0 Å². The van der Waals surface area contributed by atoms with Gasteiger partial charge in [-0.2, -0.15) is 5.26 Å². The third kappa shape index (κ3) is 4.23. The van der Waals surface area contributed by atoms with E-state index < -0.39 is 5.91 Å². The van der Waals surface area contributed by atoms with Crippen molar-refractivity contribution in [3.8, 4) is 39.6 Å². The summed E-state index contributed by atoms with van der Waals surface area (Å²) in [6.45, 7) is 0. The van der Waals surface area contributed by atoms with Gasteiger partial charge in [0.25, 0.3) is 0 Å². The van der Waals surface area contributed by atoms with E-state index in [1.54, 1.807) is 24.5 Å². The second-order valence-electron chi connectivity index (χ2n) is 7.05. The van der Waals surface area contributed by atoms with E-state index >= 15 is 0 Å². The van der Waals surface area contributed by atoms with Crippen molar-refractivity contribution in [2.24, 2.45) is 9.64 Å². The van der Waals surface area contributed by atoms with Gasteiger partial charge in [-0.3, -0.25) is 0 Å². The van der Waals surface area contributed by atoms with Crippen LogP contribution >= 0.6 is 0 Å². The van der Waals surface area contributed by atoms with Crippen molar-refractivity contribution >= 4 is 29.2 Å². The average Bonchev–Trinajstić information content (AvgIpc) is 2.84. The molecule has 3 aromatic carbocycles. The van der Waals surface area contributed by atoms with Crippen LogP contribution in [0.5, 0.6) is 0 Å². The molecule has 6 heteroatoms. The van der Waals surface area contributed by atoms with Gasteiger partial charge in [0.15, 0.2) is 0 Å². The minimum atomic E-state index is -0.548. The third-order valence-corrected chi connectivity index (χ3v) is 5.36. The van der Waals surface area contributed by atoms with Crippen molar-refractivity contribution in [1.29, 1.82) is 5.26 Å². The Morgan fingerprint density at radius 2 is 1.66 bits per heavy atom. The van der Waals surface area contributed by atoms with Gasteiger partial charge in [0, 0.05) is 0 Å². The average molecular weight is 476 g/mol. The summed E-state index contributed by atoms with van der Waals surface area (Å²) in [6, 6.07) is 26.8. The summed E-state index contributed by atoms with van der Waals surface area (Å²) in [5.41, 5.74) is 12.3. The molecule has 5 nitrogen and oxygen atoms in total. The van der Waals surface area contributed by atoms with E-state index in [-0.39, 0.29) is 0 Å². The van der Waals surface area contributed by atoms with Gasteiger partial charge in [-0.1, -0.05) is 18.2 Å². The van der Waals surface area contributed by atoms with E-state index in [9.17, 15) is 10.1 Å². The van der Waals surface area contributed by atoms with Crippen molar-refractivity contribution in [3.63, 3.8) is 0 Å². The summed E-state index contributed by atoms with van der Waals surface area (Å²) < 4.78 is 3.99. The van der Waals surface area contributed by atoms with Gasteiger partial charge in [-0.25, -0.2) is 0 Å². The molecule has 0 unspecified atom stereocenters. The van der Waals surface area contributed by atoms with Crippen molar-refractivity contribution < 1.29 is 4.79 Å². The number of amides is 1. The summed E-state index contributed by atoms with van der Waals surface area (Å²) in [5, 5.41) is 9.38. The maximum absolute atomic E-state index is 12.5. The van der Waals surface area contributed by atoms with E-state index in [0.29, 0.717) is 22.4 Å². The fraction of sp³-hybridized carbons (Fsp3) is 0. The van der Waals surface area contributed by atoms with Crippen LogP contribution in [0.4, 0.5) is 0 Å². The van der Waals surface area contributed by atoms with Crippen LogP contribution in [0, 0.1) is 11.3 Å². The molecule has 0 saturated heterocycles. The second-order valence-corrected chi connectivity index (χ2v) is 7.54. The molecule has 0 bridgehead atoms. The van der Waals surface area contributed by atoms with Gasteiger partial charge in [0.2, 0.25) is 0 Å². The Hall–Kier alpha value is -4.00. The topological polar surface area (TPSA) is 92.1 Å². The SMILES string of the molecule is N#Cc1ccccc1-c1ccc(-c2ccnc(-c3cccc(C=N[As])c3)c2C(N)=O)cc1. The first-order valence-electron chi connectivity index (χ1n) is 9.79. The molecule has 32 heavy (non-hydrogen) atoms. The number of rotatable bonds is 5. The number of nitrogens with two attached hydrogens (primary N) is 1. The molecule has 1 heterocycles. The van der Waals surface area contributed by atoms with E-state index in [1.165, 1.54) is 0 Å². The molecule has 0 spiro atoms. The van der Waals surface area contributed by atoms with E-state index in [2.05, 4.69) is 32.0 Å². The predicted molar refractivity (Wildman–Crippen MR) is 127 cm³/mol. The van der Waals surface area contributed by atoms with Crippen LogP contribution in [0.2, 0.25) is 0 Å². The Balaban J connectivity index is 1.81. The first kappa shape index (κ1) is 21.2. The van der Waals surface area contributed by atoms with Crippen molar-refractivity contribution in [2.45, 2.75) is 0 Å². The molecule has 0 aliphatic carbocycles. The summed E-state index contributed by atoms with van der Waals surface area (Å²) in [5.74, 6) is -0.548. The van der Waals surface area contributed by atoms with E-state index in [4.69, 9.17) is 5.73 Å². The first-order valence-corrected chi connectivity index (χ1v) is 10.6. The Morgan fingerprint density at radius 3 is 2.34 bits per heavy atom. The predicted octanol–water partition coefficient (Wildman–Crippen LogP) is 4.56. The van der Waals surface area contributed by atoms with Crippen molar-refractivity contribution in [2.75, 3.05) is 0 Å². The molecule has 0 aliphatic heterocycles. The number of benzene rings is 3. The van der Waals surface area contributed by atoms with Crippen LogP contribution in [0.3, 0.4) is 0 Å². The molecule has 0 aliphatic rings. The number of carbonyl (C=O) groups excluding carboxylic acids is 1. The summed E-state index contributed by atoms with van der Waals surface area (Å²) in [7, 11) is 0. The molecule has 0 fully saturated rings. The molecule has 0 saturated carbocycles. The number of nitrogens with zero attached hydrogens (tertiary/aromatic N) is 3. The number of aromatic nitrogens is 1. The number of carbonyl (C=O) groups is 1. The summed E-state index contributed by atoms with van der Waals surface area (Å²) in [6.07, 6.45) is 3.39. The van der Waals surface area contributed by atoms with Crippen molar-refractivity contribution in [1.82, 2.24) is 4.98 Å². The quantitative estimate of drug-likeness (QED) is 0.338. The summed E-state index contributed by atoms with van der Waals surface area (Å²) >= 11 is 2.15. The van der Waals surface area contributed by atoms with Crippen LogP contribution in [0.15, 0.2) is 89.0 Å². The zero-order valence-electron chi connectivity index (χ0n) is 16.9. The van der Waals surface area contributed by atoms with Crippen LogP contribution in [0.1, 0.15) is 21.5 Å². The molecule has 152 valence electrons. The first-order chi connectivity index (χ1) is 15.6. The Morgan fingerprint density at radius 1 is 0.938 bits per heavy atom. The molecule has 1 aromatic heterocycles. The third-order valence-electron chi connectivity index (χ3n) is 5.12. The van der Waals surface area contributed by atoms with Gasteiger partial charge >= 0.3 is 148 Å². The Labute approximate surface area is 195 Å². The number of hydrogen-bond acceptors (Lipinski definition) is 4. The van der Waals surface area contributed by atoms with Crippen LogP contribution in [-0.4, -0.2) is 34.2 Å². The van der Waals surface area contributed by atoms with Crippen LogP contribution in [0.25, 0.3) is 33.5 Å². The standard InChI is InChI=1S/C26H17AsN4O/c27-31-16-17-4-3-6-20(14-17)25-24(26(29)32)23(12-13-30-25)19-10-8-18(9-11-19)22-7-2-1-5-21(22)15-28/h1-14,16H,(H2,29,32). The molecule has 2 N–H and O–H groups in total. The van der Waals surface area contributed by atoms with E-state index in [0.717, 1.165) is 27.8 Å². The van der Waals surface area contributed by atoms with Gasteiger partial charge < -0.3 is 0 Å². The fourth-order valence-electron chi connectivity index (χ4n) is 3.67. The zero-order valence-corrected chi connectivity index (χ0v) is 18.8. The van der Waals surface area contributed by atoms with Gasteiger partial charge in [-0.05, 0) is 11.6 Å². The molecular weight excluding hydrogens is 459 g/mol. The molecule has 4 aromatic rings. The number of primary amides is 1. The molecule has 1 amide bonds. The van der Waals surface area contributed by atoms with Gasteiger partial charge in [-0.15, -0.1) is 0 Å². The number of nitriles is 1. The molecular formula is C26H17AsN4O. The minimum absolute atomic E-state index is 0.360. The maximum atomic E-state index is 12.5. The molecule has 4 rings (SSSR count).